The number of benzene rings is 1. The average Bonchev–Trinajstić information content (AvgIpc) is 2.54. The van der Waals surface area contributed by atoms with Crippen molar-refractivity contribution in [2.45, 2.75) is 12.0 Å². The maximum absolute atomic E-state index is 11.8. The van der Waals surface area contributed by atoms with Crippen molar-refractivity contribution in [2.75, 3.05) is 0 Å². The topological polar surface area (TPSA) is 95.5 Å². The smallest absolute Gasteiger partial charge is 0.322 e. The van der Waals surface area contributed by atoms with Gasteiger partial charge in [0.15, 0.2) is 5.54 Å². The summed E-state index contributed by atoms with van der Waals surface area (Å²) in [6, 6.07) is 5.36. The number of amides is 3. The molecule has 94 valence electrons. The number of halogens is 1. The molecule has 1 aromatic rings. The van der Waals surface area contributed by atoms with Gasteiger partial charge in [-0.25, -0.2) is 4.79 Å². The van der Waals surface area contributed by atoms with E-state index in [0.717, 1.165) is 0 Å². The highest BCUT2D eigenvalue weighted by Gasteiger charge is 2.49. The third-order valence-corrected chi connectivity index (χ3v) is 2.95. The highest BCUT2D eigenvalue weighted by molar-refractivity contribution is 6.30. The van der Waals surface area contributed by atoms with Crippen LogP contribution in [0.4, 0.5) is 4.79 Å². The molecule has 1 fully saturated rings. The molecular formula is C11H9ClN2O4. The summed E-state index contributed by atoms with van der Waals surface area (Å²) < 4.78 is 0. The van der Waals surface area contributed by atoms with E-state index < -0.39 is 29.9 Å². The maximum Gasteiger partial charge on any atom is 0.322 e. The van der Waals surface area contributed by atoms with Gasteiger partial charge in [-0.05, 0) is 17.7 Å². The van der Waals surface area contributed by atoms with E-state index >= 15 is 0 Å². The van der Waals surface area contributed by atoms with E-state index in [-0.39, 0.29) is 0 Å². The van der Waals surface area contributed by atoms with Crippen molar-refractivity contribution in [1.29, 1.82) is 0 Å². The zero-order chi connectivity index (χ0) is 13.3. The first-order valence-electron chi connectivity index (χ1n) is 5.05. The molecule has 0 spiro atoms. The van der Waals surface area contributed by atoms with Gasteiger partial charge in [-0.1, -0.05) is 23.7 Å². The summed E-state index contributed by atoms with van der Waals surface area (Å²) in [7, 11) is 0. The molecule has 6 nitrogen and oxygen atoms in total. The second-order valence-corrected chi connectivity index (χ2v) is 4.33. The minimum atomic E-state index is -1.58. The highest BCUT2D eigenvalue weighted by Crippen LogP contribution is 2.29. The Labute approximate surface area is 107 Å². The SMILES string of the molecule is O=C(O)CC1(c2ccc(Cl)cc2)NC(=O)NC1=O. The minimum Gasteiger partial charge on any atom is -0.481 e. The van der Waals surface area contributed by atoms with Crippen molar-refractivity contribution < 1.29 is 19.5 Å². The van der Waals surface area contributed by atoms with Gasteiger partial charge in [0.2, 0.25) is 0 Å². The summed E-state index contributed by atoms with van der Waals surface area (Å²) in [6.45, 7) is 0. The number of urea groups is 1. The molecule has 3 N–H and O–H groups in total. The van der Waals surface area contributed by atoms with Crippen molar-refractivity contribution in [1.82, 2.24) is 10.6 Å². The van der Waals surface area contributed by atoms with E-state index in [9.17, 15) is 14.4 Å². The van der Waals surface area contributed by atoms with E-state index in [0.29, 0.717) is 10.6 Å². The van der Waals surface area contributed by atoms with Gasteiger partial charge < -0.3 is 10.4 Å². The molecule has 1 saturated heterocycles. The molecule has 1 atom stereocenters. The average molecular weight is 269 g/mol. The summed E-state index contributed by atoms with van der Waals surface area (Å²) in [5.74, 6) is -1.88. The van der Waals surface area contributed by atoms with Crippen LogP contribution in [0.2, 0.25) is 5.02 Å². The molecule has 18 heavy (non-hydrogen) atoms. The molecule has 0 saturated carbocycles. The normalized spacial score (nSPS) is 22.5. The van der Waals surface area contributed by atoms with Crippen LogP contribution in [-0.2, 0) is 15.1 Å². The fourth-order valence-corrected chi connectivity index (χ4v) is 2.01. The number of nitrogens with one attached hydrogen (secondary N) is 2. The molecule has 0 aliphatic carbocycles. The maximum atomic E-state index is 11.8. The molecule has 7 heteroatoms. The molecule has 2 rings (SSSR count). The summed E-state index contributed by atoms with van der Waals surface area (Å²) in [6.07, 6.45) is -0.536. The fourth-order valence-electron chi connectivity index (χ4n) is 1.88. The molecule has 1 unspecified atom stereocenters. The van der Waals surface area contributed by atoms with Crippen LogP contribution in [0.3, 0.4) is 0 Å². The molecule has 0 aromatic heterocycles. The molecule has 3 amide bonds. The van der Waals surface area contributed by atoms with Gasteiger partial charge in [-0.2, -0.15) is 0 Å². The largest absolute Gasteiger partial charge is 0.481 e. The summed E-state index contributed by atoms with van der Waals surface area (Å²) in [4.78, 5) is 34.0. The van der Waals surface area contributed by atoms with E-state index in [1.54, 1.807) is 0 Å². The Bertz CT molecular complexity index is 528. The molecular weight excluding hydrogens is 260 g/mol. The second-order valence-electron chi connectivity index (χ2n) is 3.89. The number of carboxylic acids is 1. The van der Waals surface area contributed by atoms with Crippen LogP contribution in [0.25, 0.3) is 0 Å². The van der Waals surface area contributed by atoms with Crippen LogP contribution in [0.1, 0.15) is 12.0 Å². The number of hydrogen-bond donors (Lipinski definition) is 3. The Morgan fingerprint density at radius 3 is 2.33 bits per heavy atom. The number of carbonyl (C=O) groups excluding carboxylic acids is 2. The van der Waals surface area contributed by atoms with Gasteiger partial charge in [0.25, 0.3) is 5.91 Å². The Balaban J connectivity index is 2.48. The number of rotatable bonds is 3. The number of carbonyl (C=O) groups is 3. The monoisotopic (exact) mass is 268 g/mol. The van der Waals surface area contributed by atoms with Gasteiger partial charge >= 0.3 is 12.0 Å². The fraction of sp³-hybridized carbons (Fsp3) is 0.182. The third-order valence-electron chi connectivity index (χ3n) is 2.70. The van der Waals surface area contributed by atoms with Gasteiger partial charge in [0, 0.05) is 5.02 Å². The van der Waals surface area contributed by atoms with Crippen molar-refractivity contribution >= 4 is 29.5 Å². The Morgan fingerprint density at radius 1 is 1.28 bits per heavy atom. The zero-order valence-electron chi connectivity index (χ0n) is 9.07. The van der Waals surface area contributed by atoms with E-state index in [2.05, 4.69) is 5.32 Å². The Morgan fingerprint density at radius 2 is 1.89 bits per heavy atom. The lowest BCUT2D eigenvalue weighted by molar-refractivity contribution is -0.141. The van der Waals surface area contributed by atoms with E-state index in [1.807, 2.05) is 5.32 Å². The van der Waals surface area contributed by atoms with Crippen molar-refractivity contribution in [2.24, 2.45) is 0 Å². The lowest BCUT2D eigenvalue weighted by Gasteiger charge is -2.24. The summed E-state index contributed by atoms with van der Waals surface area (Å²) in [5, 5.41) is 13.8. The van der Waals surface area contributed by atoms with Gasteiger partial charge in [0.05, 0.1) is 6.42 Å². The van der Waals surface area contributed by atoms with Crippen molar-refractivity contribution in [3.05, 3.63) is 34.9 Å². The number of imide groups is 1. The molecule has 1 aromatic carbocycles. The number of aliphatic carboxylic acids is 1. The van der Waals surface area contributed by atoms with Gasteiger partial charge in [-0.15, -0.1) is 0 Å². The minimum absolute atomic E-state index is 0.373. The molecule has 1 aliphatic heterocycles. The van der Waals surface area contributed by atoms with Crippen molar-refractivity contribution in [3.8, 4) is 0 Å². The first-order valence-corrected chi connectivity index (χ1v) is 5.43. The highest BCUT2D eigenvalue weighted by atomic mass is 35.5. The molecule has 1 aliphatic rings. The summed E-state index contributed by atoms with van der Waals surface area (Å²) >= 11 is 5.73. The van der Waals surface area contributed by atoms with Crippen LogP contribution in [0.15, 0.2) is 24.3 Å². The van der Waals surface area contributed by atoms with Crippen LogP contribution in [0.5, 0.6) is 0 Å². The zero-order valence-corrected chi connectivity index (χ0v) is 9.82. The lowest BCUT2D eigenvalue weighted by Crippen LogP contribution is -2.45. The number of hydrogen-bond acceptors (Lipinski definition) is 3. The first-order chi connectivity index (χ1) is 8.44. The molecule has 0 radical (unpaired) electrons. The predicted molar refractivity (Wildman–Crippen MR) is 62.1 cm³/mol. The van der Waals surface area contributed by atoms with Gasteiger partial charge in [-0.3, -0.25) is 14.9 Å². The number of carboxylic acid groups (broad SMARTS) is 1. The quantitative estimate of drug-likeness (QED) is 0.708. The molecule has 0 bridgehead atoms. The Kier molecular flexibility index (Phi) is 2.96. The lowest BCUT2D eigenvalue weighted by atomic mass is 9.87. The third kappa shape index (κ3) is 2.02. The first kappa shape index (κ1) is 12.4. The summed E-state index contributed by atoms with van der Waals surface area (Å²) in [5.41, 5.74) is -1.20. The predicted octanol–water partition coefficient (Wildman–Crippen LogP) is 0.849. The van der Waals surface area contributed by atoms with Crippen LogP contribution in [0, 0.1) is 0 Å². The van der Waals surface area contributed by atoms with Crippen molar-refractivity contribution in [3.63, 3.8) is 0 Å². The van der Waals surface area contributed by atoms with Gasteiger partial charge in [0.1, 0.15) is 0 Å². The van der Waals surface area contributed by atoms with Crippen LogP contribution >= 0.6 is 11.6 Å². The molecule has 1 heterocycles. The van der Waals surface area contributed by atoms with E-state index in [4.69, 9.17) is 16.7 Å². The van der Waals surface area contributed by atoms with E-state index in [1.165, 1.54) is 24.3 Å². The second kappa shape index (κ2) is 4.30. The standard InChI is InChI=1S/C11H9ClN2O4/c12-7-3-1-6(2-4-7)11(5-8(15)16)9(17)13-10(18)14-11/h1-4H,5H2,(H,15,16)(H2,13,14,17,18). The Hall–Kier alpha value is -2.08. The van der Waals surface area contributed by atoms with Crippen LogP contribution in [-0.4, -0.2) is 23.0 Å². The van der Waals surface area contributed by atoms with Crippen LogP contribution < -0.4 is 10.6 Å².